The fourth-order valence-corrected chi connectivity index (χ4v) is 1.88. The quantitative estimate of drug-likeness (QED) is 0.820. The minimum Gasteiger partial charge on any atom is -0.387 e. The third kappa shape index (κ3) is 2.61. The SMILES string of the molecule is CNc1cnn(CC2CCOCC2)c(=O)c1. The summed E-state index contributed by atoms with van der Waals surface area (Å²) in [6.45, 7) is 2.30. The normalized spacial score (nSPS) is 17.3. The first-order valence-corrected chi connectivity index (χ1v) is 5.62. The average molecular weight is 223 g/mol. The summed E-state index contributed by atoms with van der Waals surface area (Å²) in [6, 6.07) is 1.58. The minimum atomic E-state index is -0.0432. The van der Waals surface area contributed by atoms with Crippen LogP contribution in [-0.4, -0.2) is 30.0 Å². The Hall–Kier alpha value is -1.36. The zero-order chi connectivity index (χ0) is 11.4. The number of nitrogens with zero attached hydrogens (tertiary/aromatic N) is 2. The Bertz CT molecular complexity index is 396. The van der Waals surface area contributed by atoms with Crippen LogP contribution in [0.1, 0.15) is 12.8 Å². The number of hydrogen-bond donors (Lipinski definition) is 1. The maximum Gasteiger partial charge on any atom is 0.268 e. The molecule has 1 aromatic rings. The van der Waals surface area contributed by atoms with Crippen molar-refractivity contribution in [2.24, 2.45) is 5.92 Å². The average Bonchev–Trinajstić information content (AvgIpc) is 2.33. The Kier molecular flexibility index (Phi) is 3.56. The van der Waals surface area contributed by atoms with Crippen molar-refractivity contribution in [3.63, 3.8) is 0 Å². The highest BCUT2D eigenvalue weighted by Crippen LogP contribution is 2.15. The van der Waals surface area contributed by atoms with E-state index in [0.717, 1.165) is 31.7 Å². The molecule has 1 saturated heterocycles. The molecule has 0 unspecified atom stereocenters. The van der Waals surface area contributed by atoms with E-state index >= 15 is 0 Å². The molecular weight excluding hydrogens is 206 g/mol. The summed E-state index contributed by atoms with van der Waals surface area (Å²) in [7, 11) is 1.78. The molecular formula is C11H17N3O2. The van der Waals surface area contributed by atoms with E-state index in [0.29, 0.717) is 12.5 Å². The standard InChI is InChI=1S/C11H17N3O2/c1-12-10-6-11(15)14(13-7-10)8-9-2-4-16-5-3-9/h6-7,9,12H,2-5,8H2,1H3. The Morgan fingerprint density at radius 1 is 1.56 bits per heavy atom. The molecule has 1 N–H and O–H groups in total. The third-order valence-corrected chi connectivity index (χ3v) is 2.93. The second kappa shape index (κ2) is 5.12. The monoisotopic (exact) mass is 223 g/mol. The molecule has 0 spiro atoms. The molecule has 88 valence electrons. The summed E-state index contributed by atoms with van der Waals surface area (Å²) in [5.74, 6) is 0.513. The van der Waals surface area contributed by atoms with Gasteiger partial charge in [-0.1, -0.05) is 0 Å². The van der Waals surface area contributed by atoms with E-state index in [1.165, 1.54) is 4.68 Å². The molecule has 1 aliphatic heterocycles. The summed E-state index contributed by atoms with van der Waals surface area (Å²) in [6.07, 6.45) is 3.71. The van der Waals surface area contributed by atoms with Gasteiger partial charge in [0, 0.05) is 32.9 Å². The van der Waals surface area contributed by atoms with Crippen molar-refractivity contribution in [2.75, 3.05) is 25.6 Å². The summed E-state index contributed by atoms with van der Waals surface area (Å²) >= 11 is 0. The molecule has 5 nitrogen and oxygen atoms in total. The molecule has 1 fully saturated rings. The lowest BCUT2D eigenvalue weighted by atomic mass is 10.0. The topological polar surface area (TPSA) is 56.1 Å². The van der Waals surface area contributed by atoms with Gasteiger partial charge in [-0.05, 0) is 18.8 Å². The molecule has 0 aliphatic carbocycles. The first-order valence-electron chi connectivity index (χ1n) is 5.62. The Labute approximate surface area is 94.4 Å². The zero-order valence-corrected chi connectivity index (χ0v) is 9.48. The summed E-state index contributed by atoms with van der Waals surface area (Å²) < 4.78 is 6.82. The van der Waals surface area contributed by atoms with Gasteiger partial charge in [-0.2, -0.15) is 5.10 Å². The molecule has 1 aromatic heterocycles. The van der Waals surface area contributed by atoms with Gasteiger partial charge in [0.05, 0.1) is 11.9 Å². The Morgan fingerprint density at radius 2 is 2.31 bits per heavy atom. The molecule has 2 rings (SSSR count). The van der Waals surface area contributed by atoms with E-state index in [-0.39, 0.29) is 5.56 Å². The van der Waals surface area contributed by atoms with E-state index in [1.54, 1.807) is 19.3 Å². The fraction of sp³-hybridized carbons (Fsp3) is 0.636. The van der Waals surface area contributed by atoms with Gasteiger partial charge in [0.15, 0.2) is 0 Å². The van der Waals surface area contributed by atoms with Crippen LogP contribution in [-0.2, 0) is 11.3 Å². The molecule has 16 heavy (non-hydrogen) atoms. The lowest BCUT2D eigenvalue weighted by Crippen LogP contribution is -2.28. The third-order valence-electron chi connectivity index (χ3n) is 2.93. The van der Waals surface area contributed by atoms with Gasteiger partial charge in [-0.25, -0.2) is 4.68 Å². The highest BCUT2D eigenvalue weighted by atomic mass is 16.5. The van der Waals surface area contributed by atoms with Gasteiger partial charge < -0.3 is 10.1 Å². The van der Waals surface area contributed by atoms with Crippen LogP contribution in [0.3, 0.4) is 0 Å². The smallest absolute Gasteiger partial charge is 0.268 e. The lowest BCUT2D eigenvalue weighted by molar-refractivity contribution is 0.0596. The number of anilines is 1. The van der Waals surface area contributed by atoms with Crippen molar-refractivity contribution in [3.05, 3.63) is 22.6 Å². The van der Waals surface area contributed by atoms with Crippen molar-refractivity contribution in [2.45, 2.75) is 19.4 Å². The van der Waals surface area contributed by atoms with Gasteiger partial charge in [0.1, 0.15) is 0 Å². The van der Waals surface area contributed by atoms with Crippen molar-refractivity contribution in [3.8, 4) is 0 Å². The number of hydrogen-bond acceptors (Lipinski definition) is 4. The molecule has 1 aliphatic rings. The predicted molar refractivity (Wildman–Crippen MR) is 61.6 cm³/mol. The van der Waals surface area contributed by atoms with Gasteiger partial charge in [0.25, 0.3) is 5.56 Å². The van der Waals surface area contributed by atoms with Gasteiger partial charge >= 0.3 is 0 Å². The van der Waals surface area contributed by atoms with E-state index in [2.05, 4.69) is 10.4 Å². The van der Waals surface area contributed by atoms with Crippen LogP contribution in [0.4, 0.5) is 5.69 Å². The highest BCUT2D eigenvalue weighted by Gasteiger charge is 2.15. The van der Waals surface area contributed by atoms with Crippen molar-refractivity contribution < 1.29 is 4.74 Å². The maximum absolute atomic E-state index is 11.7. The number of ether oxygens (including phenoxy) is 1. The summed E-state index contributed by atoms with van der Waals surface area (Å²) in [4.78, 5) is 11.7. The zero-order valence-electron chi connectivity index (χ0n) is 9.48. The van der Waals surface area contributed by atoms with Crippen LogP contribution in [0, 0.1) is 5.92 Å². The largest absolute Gasteiger partial charge is 0.387 e. The van der Waals surface area contributed by atoms with Gasteiger partial charge in [-0.15, -0.1) is 0 Å². The van der Waals surface area contributed by atoms with Crippen molar-refractivity contribution >= 4 is 5.69 Å². The van der Waals surface area contributed by atoms with Crippen LogP contribution >= 0.6 is 0 Å². The van der Waals surface area contributed by atoms with E-state index in [9.17, 15) is 4.79 Å². The molecule has 2 heterocycles. The molecule has 0 atom stereocenters. The maximum atomic E-state index is 11.7. The van der Waals surface area contributed by atoms with Crippen LogP contribution in [0.2, 0.25) is 0 Å². The summed E-state index contributed by atoms with van der Waals surface area (Å²) in [5, 5.41) is 7.05. The van der Waals surface area contributed by atoms with Crippen LogP contribution in [0.25, 0.3) is 0 Å². The second-order valence-corrected chi connectivity index (χ2v) is 4.07. The number of aromatic nitrogens is 2. The first kappa shape index (κ1) is 11.1. The predicted octanol–water partition coefficient (Wildman–Crippen LogP) is 0.712. The fourth-order valence-electron chi connectivity index (χ4n) is 1.88. The lowest BCUT2D eigenvalue weighted by Gasteiger charge is -2.22. The van der Waals surface area contributed by atoms with E-state index in [4.69, 9.17) is 4.74 Å². The van der Waals surface area contributed by atoms with Crippen LogP contribution in [0.15, 0.2) is 17.1 Å². The Balaban J connectivity index is 2.06. The van der Waals surface area contributed by atoms with Crippen LogP contribution in [0.5, 0.6) is 0 Å². The molecule has 0 radical (unpaired) electrons. The number of nitrogens with one attached hydrogen (secondary N) is 1. The first-order chi connectivity index (χ1) is 7.79. The van der Waals surface area contributed by atoms with E-state index in [1.807, 2.05) is 0 Å². The molecule has 0 bridgehead atoms. The number of rotatable bonds is 3. The Morgan fingerprint density at radius 3 is 2.94 bits per heavy atom. The van der Waals surface area contributed by atoms with Gasteiger partial charge in [0.2, 0.25) is 0 Å². The highest BCUT2D eigenvalue weighted by molar-refractivity contribution is 5.37. The molecule has 0 saturated carbocycles. The molecule has 0 amide bonds. The second-order valence-electron chi connectivity index (χ2n) is 4.07. The van der Waals surface area contributed by atoms with Crippen molar-refractivity contribution in [1.82, 2.24) is 9.78 Å². The molecule has 5 heteroatoms. The minimum absolute atomic E-state index is 0.0432. The van der Waals surface area contributed by atoms with Crippen molar-refractivity contribution in [1.29, 1.82) is 0 Å². The van der Waals surface area contributed by atoms with E-state index < -0.39 is 0 Å². The van der Waals surface area contributed by atoms with Gasteiger partial charge in [-0.3, -0.25) is 4.79 Å². The molecule has 0 aromatic carbocycles. The summed E-state index contributed by atoms with van der Waals surface area (Å²) in [5.41, 5.74) is 0.714. The van der Waals surface area contributed by atoms with Crippen LogP contribution < -0.4 is 10.9 Å².